The van der Waals surface area contributed by atoms with Crippen molar-refractivity contribution >= 4 is 17.9 Å². The highest BCUT2D eigenvalue weighted by atomic mass is 16.7. The molecule has 0 heterocycles. The van der Waals surface area contributed by atoms with Crippen molar-refractivity contribution in [3.05, 3.63) is 35.9 Å². The van der Waals surface area contributed by atoms with Crippen molar-refractivity contribution in [1.82, 2.24) is 0 Å². The minimum atomic E-state index is -1.60. The highest BCUT2D eigenvalue weighted by molar-refractivity contribution is 5.90. The minimum absolute atomic E-state index is 0.104. The molecular weight excluding hydrogens is 416 g/mol. The predicted octanol–water partition coefficient (Wildman–Crippen LogP) is 3.91. The molecule has 1 atom stereocenters. The second-order valence-electron chi connectivity index (χ2n) is 9.27. The molecule has 8 heteroatoms. The van der Waals surface area contributed by atoms with Crippen molar-refractivity contribution < 1.29 is 38.1 Å². The molecule has 0 saturated heterocycles. The zero-order valence-corrected chi connectivity index (χ0v) is 20.2. The van der Waals surface area contributed by atoms with Gasteiger partial charge in [0.15, 0.2) is 5.60 Å². The van der Waals surface area contributed by atoms with Gasteiger partial charge in [-0.15, -0.1) is 0 Å². The van der Waals surface area contributed by atoms with E-state index in [1.807, 2.05) is 6.92 Å². The van der Waals surface area contributed by atoms with Crippen LogP contribution in [0.5, 0.6) is 0 Å². The van der Waals surface area contributed by atoms with Crippen LogP contribution >= 0.6 is 0 Å². The van der Waals surface area contributed by atoms with E-state index in [4.69, 9.17) is 23.7 Å². The van der Waals surface area contributed by atoms with Crippen LogP contribution in [-0.2, 0) is 33.3 Å². The molecule has 0 fully saturated rings. The van der Waals surface area contributed by atoms with E-state index in [1.165, 1.54) is 7.11 Å². The first-order valence-corrected chi connectivity index (χ1v) is 10.6. The average molecular weight is 453 g/mol. The minimum Gasteiger partial charge on any atom is -0.461 e. The molecule has 1 unspecified atom stereocenters. The number of hydrogen-bond acceptors (Lipinski definition) is 8. The van der Waals surface area contributed by atoms with Crippen molar-refractivity contribution in [1.29, 1.82) is 0 Å². The molecule has 0 amide bonds. The third kappa shape index (κ3) is 9.36. The molecule has 0 radical (unpaired) electrons. The quantitative estimate of drug-likeness (QED) is 0.204. The number of methoxy groups -OCH3 is 1. The summed E-state index contributed by atoms with van der Waals surface area (Å²) in [5, 5.41) is 0. The molecule has 0 aromatic heterocycles. The Bertz CT molecular complexity index is 751. The number of rotatable bonds is 12. The maximum Gasteiger partial charge on any atom is 0.338 e. The zero-order valence-electron chi connectivity index (χ0n) is 20.2. The number of carbonyl (C=O) groups excluding carboxylic acids is 3. The maximum atomic E-state index is 12.9. The van der Waals surface area contributed by atoms with Gasteiger partial charge in [0.25, 0.3) is 0 Å². The third-order valence-corrected chi connectivity index (χ3v) is 4.67. The Hall–Kier alpha value is -2.45. The highest BCUT2D eigenvalue weighted by Crippen LogP contribution is 2.26. The number of hydrogen-bond donors (Lipinski definition) is 0. The topological polar surface area (TPSA) is 97.4 Å². The normalized spacial score (nSPS) is 13.7. The second-order valence-corrected chi connectivity index (χ2v) is 9.27. The molecular formula is C24H36O8. The maximum absolute atomic E-state index is 12.9. The van der Waals surface area contributed by atoms with Gasteiger partial charge in [0, 0.05) is 7.11 Å². The van der Waals surface area contributed by atoms with Gasteiger partial charge in [-0.3, -0.25) is 9.59 Å². The molecule has 8 nitrogen and oxygen atoms in total. The molecule has 0 bridgehead atoms. The highest BCUT2D eigenvalue weighted by Gasteiger charge is 2.42. The molecule has 0 aliphatic heterocycles. The van der Waals surface area contributed by atoms with Crippen LogP contribution in [0.15, 0.2) is 30.3 Å². The Balaban J connectivity index is 3.22. The van der Waals surface area contributed by atoms with Crippen LogP contribution in [0, 0.1) is 5.41 Å². The van der Waals surface area contributed by atoms with E-state index in [2.05, 4.69) is 0 Å². The van der Waals surface area contributed by atoms with Crippen molar-refractivity contribution in [3.8, 4) is 0 Å². The van der Waals surface area contributed by atoms with Crippen LogP contribution in [0.3, 0.4) is 0 Å². The molecule has 0 aliphatic rings. The lowest BCUT2D eigenvalue weighted by molar-refractivity contribution is -0.181. The SMILES string of the molecule is CCC(C)(C)C(=O)OCC(COCOC)(CC(=O)OC(C)(C)C)OC(=O)c1ccccc1. The Labute approximate surface area is 190 Å². The van der Waals surface area contributed by atoms with Crippen LogP contribution < -0.4 is 0 Å². The summed E-state index contributed by atoms with van der Waals surface area (Å²) in [7, 11) is 1.44. The van der Waals surface area contributed by atoms with E-state index in [9.17, 15) is 14.4 Å². The van der Waals surface area contributed by atoms with Gasteiger partial charge in [-0.05, 0) is 53.2 Å². The second kappa shape index (κ2) is 12.0. The molecule has 32 heavy (non-hydrogen) atoms. The number of benzene rings is 1. The molecule has 180 valence electrons. The van der Waals surface area contributed by atoms with Crippen molar-refractivity contribution in [2.24, 2.45) is 5.41 Å². The van der Waals surface area contributed by atoms with Crippen molar-refractivity contribution in [2.75, 3.05) is 27.1 Å². The van der Waals surface area contributed by atoms with Crippen LogP contribution in [0.4, 0.5) is 0 Å². The molecule has 1 aromatic carbocycles. The Morgan fingerprint density at radius 2 is 1.53 bits per heavy atom. The lowest BCUT2D eigenvalue weighted by Gasteiger charge is -2.34. The molecule has 1 aromatic rings. The first kappa shape index (κ1) is 27.6. The smallest absolute Gasteiger partial charge is 0.338 e. The lowest BCUT2D eigenvalue weighted by atomic mass is 9.90. The molecule has 0 saturated carbocycles. The monoisotopic (exact) mass is 452 g/mol. The lowest BCUT2D eigenvalue weighted by Crippen LogP contribution is -2.48. The summed E-state index contributed by atoms with van der Waals surface area (Å²) in [6, 6.07) is 8.32. The predicted molar refractivity (Wildman–Crippen MR) is 118 cm³/mol. The van der Waals surface area contributed by atoms with E-state index in [1.54, 1.807) is 65.0 Å². The summed E-state index contributed by atoms with van der Waals surface area (Å²) in [4.78, 5) is 38.1. The van der Waals surface area contributed by atoms with Gasteiger partial charge < -0.3 is 23.7 Å². The fraction of sp³-hybridized carbons (Fsp3) is 0.625. The summed E-state index contributed by atoms with van der Waals surface area (Å²) in [6.07, 6.45) is 0.182. The first-order chi connectivity index (χ1) is 14.8. The van der Waals surface area contributed by atoms with Crippen molar-refractivity contribution in [3.63, 3.8) is 0 Å². The van der Waals surface area contributed by atoms with Gasteiger partial charge in [0.05, 0.1) is 24.0 Å². The Morgan fingerprint density at radius 3 is 2.06 bits per heavy atom. The zero-order chi connectivity index (χ0) is 24.4. The average Bonchev–Trinajstić information content (AvgIpc) is 2.71. The van der Waals surface area contributed by atoms with Crippen molar-refractivity contribution in [2.45, 2.75) is 65.6 Å². The first-order valence-electron chi connectivity index (χ1n) is 10.6. The van der Waals surface area contributed by atoms with E-state index in [0.717, 1.165) is 0 Å². The number of esters is 3. The van der Waals surface area contributed by atoms with Gasteiger partial charge >= 0.3 is 17.9 Å². The summed E-state index contributed by atoms with van der Waals surface area (Å²) in [6.45, 7) is 9.84. The van der Waals surface area contributed by atoms with Gasteiger partial charge in [-0.1, -0.05) is 25.1 Å². The van der Waals surface area contributed by atoms with Gasteiger partial charge in [-0.2, -0.15) is 0 Å². The third-order valence-electron chi connectivity index (χ3n) is 4.67. The fourth-order valence-corrected chi connectivity index (χ4v) is 2.56. The van der Waals surface area contributed by atoms with Crippen LogP contribution in [-0.4, -0.2) is 56.2 Å². The Kier molecular flexibility index (Phi) is 10.3. The molecule has 0 spiro atoms. The fourth-order valence-electron chi connectivity index (χ4n) is 2.56. The van der Waals surface area contributed by atoms with E-state index in [0.29, 0.717) is 6.42 Å². The van der Waals surface area contributed by atoms with Gasteiger partial charge in [0.1, 0.15) is 19.0 Å². The van der Waals surface area contributed by atoms with E-state index in [-0.39, 0.29) is 32.0 Å². The molecule has 1 rings (SSSR count). The summed E-state index contributed by atoms with van der Waals surface area (Å²) < 4.78 is 27.1. The van der Waals surface area contributed by atoms with E-state index >= 15 is 0 Å². The van der Waals surface area contributed by atoms with E-state index < -0.39 is 34.5 Å². The van der Waals surface area contributed by atoms with Crippen LogP contribution in [0.25, 0.3) is 0 Å². The molecule has 0 aliphatic carbocycles. The summed E-state index contributed by atoms with van der Waals surface area (Å²) in [5.41, 5.74) is -2.81. The van der Waals surface area contributed by atoms with Gasteiger partial charge in [-0.25, -0.2) is 4.79 Å². The number of carbonyl (C=O) groups is 3. The largest absolute Gasteiger partial charge is 0.461 e. The summed E-state index contributed by atoms with van der Waals surface area (Å²) >= 11 is 0. The molecule has 0 N–H and O–H groups in total. The summed E-state index contributed by atoms with van der Waals surface area (Å²) in [5.74, 6) is -1.78. The van der Waals surface area contributed by atoms with Crippen LogP contribution in [0.2, 0.25) is 0 Å². The number of ether oxygens (including phenoxy) is 5. The Morgan fingerprint density at radius 1 is 0.906 bits per heavy atom. The van der Waals surface area contributed by atoms with Gasteiger partial charge in [0.2, 0.25) is 0 Å². The van der Waals surface area contributed by atoms with Crippen LogP contribution in [0.1, 0.15) is 64.7 Å². The standard InChI is InChI=1S/C24H36O8/c1-8-23(5,6)21(27)30-16-24(15-29-17-28-7,14-19(25)31-22(2,3)4)32-20(26)18-12-10-9-11-13-18/h9-13H,8,14-17H2,1-7H3.